The van der Waals surface area contributed by atoms with E-state index in [9.17, 15) is 13.2 Å². The highest BCUT2D eigenvalue weighted by Crippen LogP contribution is 2.42. The van der Waals surface area contributed by atoms with Gasteiger partial charge in [-0.2, -0.15) is 13.2 Å². The Bertz CT molecular complexity index is 820. The van der Waals surface area contributed by atoms with Crippen molar-refractivity contribution in [2.45, 2.75) is 25.2 Å². The van der Waals surface area contributed by atoms with Crippen LogP contribution in [0.15, 0.2) is 30.5 Å². The molecule has 1 fully saturated rings. The number of aromatic amines is 1. The van der Waals surface area contributed by atoms with Gasteiger partial charge in [0.05, 0.1) is 52.2 Å². The van der Waals surface area contributed by atoms with E-state index in [0.717, 1.165) is 22.8 Å². The van der Waals surface area contributed by atoms with Gasteiger partial charge in [0.1, 0.15) is 6.17 Å². The largest absolute Gasteiger partial charge is 0.392 e. The van der Waals surface area contributed by atoms with Crippen molar-refractivity contribution in [2.24, 2.45) is 5.92 Å². The van der Waals surface area contributed by atoms with Gasteiger partial charge < -0.3 is 10.6 Å². The molecule has 3 heterocycles. The summed E-state index contributed by atoms with van der Waals surface area (Å²) in [4.78, 5) is 5.18. The molecule has 1 aromatic heterocycles. The lowest BCUT2D eigenvalue weighted by Crippen LogP contribution is -2.42. The number of halogens is 5. The molecule has 0 spiro atoms. The summed E-state index contributed by atoms with van der Waals surface area (Å²) in [6.07, 6.45) is -2.37. The molecule has 2 aliphatic heterocycles. The van der Waals surface area contributed by atoms with Crippen LogP contribution in [-0.2, 0) is 0 Å². The summed E-state index contributed by atoms with van der Waals surface area (Å²) in [5.41, 5.74) is 2.59. The first kappa shape index (κ1) is 18.5. The van der Waals surface area contributed by atoms with Crippen LogP contribution in [0.25, 0.3) is 0 Å². The Hall–Kier alpha value is -1.86. The van der Waals surface area contributed by atoms with Gasteiger partial charge in [0.15, 0.2) is 0 Å². The lowest BCUT2D eigenvalue weighted by molar-refractivity contribution is -0.365. The number of alkyl halides is 3. The van der Waals surface area contributed by atoms with Crippen LogP contribution in [0.4, 0.5) is 30.4 Å². The van der Waals surface area contributed by atoms with E-state index in [1.807, 2.05) is 17.0 Å². The van der Waals surface area contributed by atoms with Crippen molar-refractivity contribution < 1.29 is 18.2 Å². The molecule has 0 bridgehead atoms. The Balaban J connectivity index is 1.55. The van der Waals surface area contributed by atoms with Crippen molar-refractivity contribution in [1.82, 2.24) is 0 Å². The van der Waals surface area contributed by atoms with Crippen LogP contribution in [0.1, 0.15) is 24.6 Å². The number of H-pyrrole nitrogens is 1. The average molecular weight is 418 g/mol. The molecule has 27 heavy (non-hydrogen) atoms. The van der Waals surface area contributed by atoms with Gasteiger partial charge in [0.25, 0.3) is 5.82 Å². The number of nitrogens with zero attached hydrogens (tertiary/aromatic N) is 1. The van der Waals surface area contributed by atoms with Crippen LogP contribution in [-0.4, -0.2) is 19.3 Å². The molecule has 0 atom stereocenters. The first-order valence-electron chi connectivity index (χ1n) is 8.67. The average Bonchev–Trinajstić information content (AvgIpc) is 3.04. The van der Waals surface area contributed by atoms with Gasteiger partial charge in [-0.15, -0.1) is 0 Å². The van der Waals surface area contributed by atoms with Crippen molar-refractivity contribution in [1.29, 1.82) is 0 Å². The number of hydrogen-bond donors (Lipinski definition) is 2. The molecule has 1 saturated heterocycles. The summed E-state index contributed by atoms with van der Waals surface area (Å²) in [7, 11) is 0. The van der Waals surface area contributed by atoms with E-state index in [2.05, 4.69) is 15.6 Å². The third-order valence-electron chi connectivity index (χ3n) is 5.11. The van der Waals surface area contributed by atoms with Crippen LogP contribution in [0.5, 0.6) is 0 Å². The van der Waals surface area contributed by atoms with Crippen LogP contribution in [0.3, 0.4) is 0 Å². The topological polar surface area (TPSA) is 41.4 Å². The highest BCUT2D eigenvalue weighted by molar-refractivity contribution is 6.42. The zero-order valence-electron chi connectivity index (χ0n) is 14.2. The molecule has 9 heteroatoms. The molecule has 4 rings (SSSR count). The van der Waals surface area contributed by atoms with Crippen LogP contribution in [0.2, 0.25) is 10.0 Å². The van der Waals surface area contributed by atoms with Crippen molar-refractivity contribution in [3.05, 3.63) is 46.1 Å². The van der Waals surface area contributed by atoms with E-state index >= 15 is 0 Å². The second kappa shape index (κ2) is 6.95. The zero-order chi connectivity index (χ0) is 19.2. The monoisotopic (exact) mass is 417 g/mol. The number of piperidine rings is 1. The second-order valence-corrected chi connectivity index (χ2v) is 7.62. The quantitative estimate of drug-likeness (QED) is 0.711. The fourth-order valence-corrected chi connectivity index (χ4v) is 3.99. The maximum atomic E-state index is 12.9. The Morgan fingerprint density at radius 3 is 2.19 bits per heavy atom. The molecule has 0 saturated carbocycles. The van der Waals surface area contributed by atoms with E-state index in [4.69, 9.17) is 23.2 Å². The standard InChI is InChI=1S/C18H17Cl2F3N4/c19-12-8-14-15(9-13(12)20)26-16(25-14)11-2-1-5-24-17(11)27-6-3-10(4-7-27)18(21,22)23/h1-2,5,8-10,16,25-26H,3-4,6-7H2/p+1. The van der Waals surface area contributed by atoms with Gasteiger partial charge in [0.2, 0.25) is 0 Å². The number of pyridine rings is 1. The van der Waals surface area contributed by atoms with Gasteiger partial charge in [-0.05, 0) is 37.1 Å². The number of hydrogen-bond acceptors (Lipinski definition) is 3. The SMILES string of the molecule is FC(F)(F)C1CCN(c2[nH+]cccc2C2Nc3cc(Cl)c(Cl)cc3N2)CC1. The first-order chi connectivity index (χ1) is 12.8. The molecular formula is C18H18Cl2F3N4+. The van der Waals surface area contributed by atoms with Crippen LogP contribution < -0.4 is 20.5 Å². The molecule has 2 aromatic rings. The van der Waals surface area contributed by atoms with Crippen molar-refractivity contribution in [3.63, 3.8) is 0 Å². The lowest BCUT2D eigenvalue weighted by atomic mass is 9.96. The number of fused-ring (bicyclic) bond motifs is 1. The summed E-state index contributed by atoms with van der Waals surface area (Å²) in [6, 6.07) is 7.33. The predicted octanol–water partition coefficient (Wildman–Crippen LogP) is 5.12. The fourth-order valence-electron chi connectivity index (χ4n) is 3.67. The molecule has 2 aliphatic rings. The summed E-state index contributed by atoms with van der Waals surface area (Å²) in [6.45, 7) is 0.712. The van der Waals surface area contributed by atoms with E-state index in [0.29, 0.717) is 23.1 Å². The summed E-state index contributed by atoms with van der Waals surface area (Å²) in [5, 5.41) is 7.62. The minimum absolute atomic E-state index is 0.0998. The molecular weight excluding hydrogens is 400 g/mol. The van der Waals surface area contributed by atoms with Gasteiger partial charge in [-0.25, -0.2) is 4.98 Å². The third kappa shape index (κ3) is 3.62. The van der Waals surface area contributed by atoms with Crippen molar-refractivity contribution >= 4 is 40.4 Å². The third-order valence-corrected chi connectivity index (χ3v) is 5.83. The number of aromatic nitrogens is 1. The predicted molar refractivity (Wildman–Crippen MR) is 100 cm³/mol. The van der Waals surface area contributed by atoms with Crippen LogP contribution in [0, 0.1) is 5.92 Å². The summed E-state index contributed by atoms with van der Waals surface area (Å²) >= 11 is 12.2. The smallest absolute Gasteiger partial charge is 0.360 e. The lowest BCUT2D eigenvalue weighted by Gasteiger charge is -2.30. The minimum Gasteiger partial charge on any atom is -0.360 e. The number of rotatable bonds is 2. The van der Waals surface area contributed by atoms with Gasteiger partial charge in [-0.1, -0.05) is 23.2 Å². The Morgan fingerprint density at radius 2 is 1.63 bits per heavy atom. The van der Waals surface area contributed by atoms with Crippen molar-refractivity contribution in [3.8, 4) is 0 Å². The maximum absolute atomic E-state index is 12.9. The summed E-state index contributed by atoms with van der Waals surface area (Å²) in [5.74, 6) is -0.412. The highest BCUT2D eigenvalue weighted by atomic mass is 35.5. The Kier molecular flexibility index (Phi) is 4.76. The second-order valence-electron chi connectivity index (χ2n) is 6.81. The highest BCUT2D eigenvalue weighted by Gasteiger charge is 2.43. The molecule has 0 amide bonds. The molecule has 4 nitrogen and oxygen atoms in total. The fraction of sp³-hybridized carbons (Fsp3) is 0.389. The number of nitrogens with one attached hydrogen (secondary N) is 3. The zero-order valence-corrected chi connectivity index (χ0v) is 15.7. The Labute approximate surface area is 164 Å². The Morgan fingerprint density at radius 1 is 1.04 bits per heavy atom. The number of anilines is 3. The van der Waals surface area contributed by atoms with E-state index < -0.39 is 12.1 Å². The van der Waals surface area contributed by atoms with E-state index in [-0.39, 0.29) is 19.0 Å². The van der Waals surface area contributed by atoms with Gasteiger partial charge in [-0.3, -0.25) is 4.90 Å². The first-order valence-corrected chi connectivity index (χ1v) is 9.43. The van der Waals surface area contributed by atoms with Gasteiger partial charge >= 0.3 is 6.18 Å². The van der Waals surface area contributed by atoms with Gasteiger partial charge in [0, 0.05) is 0 Å². The molecule has 144 valence electrons. The minimum atomic E-state index is -4.12. The van der Waals surface area contributed by atoms with Crippen LogP contribution >= 0.6 is 23.2 Å². The normalized spacial score (nSPS) is 18.2. The summed E-state index contributed by atoms with van der Waals surface area (Å²) < 4.78 is 38.8. The van der Waals surface area contributed by atoms with E-state index in [1.54, 1.807) is 18.3 Å². The molecule has 3 N–H and O–H groups in total. The number of benzene rings is 1. The molecule has 0 aliphatic carbocycles. The molecule has 0 unspecified atom stereocenters. The van der Waals surface area contributed by atoms with Crippen molar-refractivity contribution in [2.75, 3.05) is 28.6 Å². The maximum Gasteiger partial charge on any atom is 0.392 e. The molecule has 1 aromatic carbocycles. The van der Waals surface area contributed by atoms with E-state index in [1.165, 1.54) is 0 Å². The molecule has 0 radical (unpaired) electrons.